The molecule has 0 aliphatic carbocycles. The Bertz CT molecular complexity index is 701. The molecule has 2 aromatic rings. The fourth-order valence-electron chi connectivity index (χ4n) is 2.07. The molecule has 0 aliphatic heterocycles. The summed E-state index contributed by atoms with van der Waals surface area (Å²) < 4.78 is 12.3. The van der Waals surface area contributed by atoms with Crippen LogP contribution in [-0.2, 0) is 17.2 Å². The van der Waals surface area contributed by atoms with Crippen molar-refractivity contribution in [3.8, 4) is 0 Å². The van der Waals surface area contributed by atoms with Gasteiger partial charge in [0.25, 0.3) is 5.69 Å². The quantitative estimate of drug-likeness (QED) is 0.523. The molecule has 2 rings (SSSR count). The Balaban J connectivity index is 2.15. The lowest BCUT2D eigenvalue weighted by Gasteiger charge is -2.08. The van der Waals surface area contributed by atoms with Crippen molar-refractivity contribution in [3.63, 3.8) is 0 Å². The molecule has 1 unspecified atom stereocenters. The Labute approximate surface area is 125 Å². The second kappa shape index (κ2) is 6.49. The number of aryl methyl sites for hydroxylation is 2. The summed E-state index contributed by atoms with van der Waals surface area (Å²) in [4.78, 5) is 11.1. The first-order valence-corrected chi connectivity index (χ1v) is 7.78. The molecule has 21 heavy (non-hydrogen) atoms. The summed E-state index contributed by atoms with van der Waals surface area (Å²) in [6, 6.07) is 11.9. The number of para-hydroxylation sites is 2. The third-order valence-electron chi connectivity index (χ3n) is 3.27. The van der Waals surface area contributed by atoms with E-state index >= 15 is 0 Å². The zero-order valence-electron chi connectivity index (χ0n) is 11.6. The fourth-order valence-corrected chi connectivity index (χ4v) is 3.33. The van der Waals surface area contributed by atoms with E-state index in [0.717, 1.165) is 5.56 Å². The maximum atomic E-state index is 12.3. The highest BCUT2D eigenvalue weighted by Gasteiger charge is 2.15. The number of nitro groups is 1. The van der Waals surface area contributed by atoms with Crippen LogP contribution in [0.3, 0.4) is 0 Å². The van der Waals surface area contributed by atoms with Crippen LogP contribution in [0.5, 0.6) is 0 Å². The molecule has 0 heterocycles. The summed E-state index contributed by atoms with van der Waals surface area (Å²) >= 11 is 0. The molecule has 6 heteroatoms. The maximum Gasteiger partial charge on any atom is 0.272 e. The van der Waals surface area contributed by atoms with E-state index in [0.29, 0.717) is 28.3 Å². The van der Waals surface area contributed by atoms with Crippen molar-refractivity contribution < 1.29 is 9.13 Å². The first-order chi connectivity index (χ1) is 10.0. The monoisotopic (exact) mass is 304 g/mol. The van der Waals surface area contributed by atoms with Crippen LogP contribution in [0.15, 0.2) is 47.4 Å². The lowest BCUT2D eigenvalue weighted by atomic mass is 10.1. The van der Waals surface area contributed by atoms with E-state index in [2.05, 4.69) is 0 Å². The van der Waals surface area contributed by atoms with E-state index in [9.17, 15) is 14.3 Å². The second-order valence-corrected chi connectivity index (χ2v) is 6.21. The van der Waals surface area contributed by atoms with Gasteiger partial charge in [0.15, 0.2) is 0 Å². The summed E-state index contributed by atoms with van der Waals surface area (Å²) in [5.41, 5.74) is 7.98. The normalized spacial score (nSPS) is 12.0. The van der Waals surface area contributed by atoms with Gasteiger partial charge in [-0.3, -0.25) is 14.3 Å². The predicted molar refractivity (Wildman–Crippen MR) is 83.7 cm³/mol. The number of hydrogen-bond acceptors (Lipinski definition) is 4. The van der Waals surface area contributed by atoms with Crippen LogP contribution < -0.4 is 5.73 Å². The zero-order valence-corrected chi connectivity index (χ0v) is 12.4. The molecule has 0 amide bonds. The molecule has 2 aromatic carbocycles. The third kappa shape index (κ3) is 3.46. The molecular formula is C15H16N2O3S. The molecule has 1 atom stereocenters. The van der Waals surface area contributed by atoms with Gasteiger partial charge in [0.2, 0.25) is 0 Å². The average Bonchev–Trinajstić information content (AvgIpc) is 2.47. The summed E-state index contributed by atoms with van der Waals surface area (Å²) in [5, 5.41) is 10.9. The molecule has 2 N–H and O–H groups in total. The van der Waals surface area contributed by atoms with Crippen LogP contribution >= 0.6 is 0 Å². The van der Waals surface area contributed by atoms with Gasteiger partial charge in [-0.25, -0.2) is 0 Å². The number of nitrogens with two attached hydrogens (primary N) is 1. The van der Waals surface area contributed by atoms with Crippen molar-refractivity contribution in [2.24, 2.45) is 0 Å². The number of nitrogen functional groups attached to an aromatic ring is 1. The van der Waals surface area contributed by atoms with Gasteiger partial charge in [0.05, 0.1) is 26.3 Å². The van der Waals surface area contributed by atoms with E-state index in [1.54, 1.807) is 24.3 Å². The summed E-state index contributed by atoms with van der Waals surface area (Å²) in [6.45, 7) is 1.86. The Morgan fingerprint density at radius 1 is 1.19 bits per heavy atom. The van der Waals surface area contributed by atoms with Crippen molar-refractivity contribution in [1.82, 2.24) is 0 Å². The minimum absolute atomic E-state index is 0.0618. The number of hydrogen-bond donors (Lipinski definition) is 1. The van der Waals surface area contributed by atoms with Crippen LogP contribution in [0.1, 0.15) is 11.1 Å². The molecule has 0 saturated heterocycles. The third-order valence-corrected chi connectivity index (χ3v) is 4.70. The number of anilines is 1. The number of rotatable bonds is 5. The summed E-state index contributed by atoms with van der Waals surface area (Å²) in [6.07, 6.45) is 0.372. The highest BCUT2D eigenvalue weighted by molar-refractivity contribution is 7.85. The predicted octanol–water partition coefficient (Wildman–Crippen LogP) is 2.84. The molecule has 0 spiro atoms. The highest BCUT2D eigenvalue weighted by Crippen LogP contribution is 2.23. The molecule has 0 aliphatic rings. The Hall–Kier alpha value is -2.21. The van der Waals surface area contributed by atoms with Crippen LogP contribution in [-0.4, -0.2) is 14.9 Å². The van der Waals surface area contributed by atoms with E-state index in [4.69, 9.17) is 5.73 Å². The summed E-state index contributed by atoms with van der Waals surface area (Å²) in [7, 11) is -1.27. The van der Waals surface area contributed by atoms with Crippen molar-refractivity contribution in [3.05, 3.63) is 63.7 Å². The van der Waals surface area contributed by atoms with Gasteiger partial charge >= 0.3 is 0 Å². The van der Waals surface area contributed by atoms with Crippen molar-refractivity contribution in [2.75, 3.05) is 11.5 Å². The Morgan fingerprint density at radius 3 is 2.62 bits per heavy atom. The van der Waals surface area contributed by atoms with Gasteiger partial charge in [-0.1, -0.05) is 30.3 Å². The molecule has 0 aromatic heterocycles. The molecule has 0 radical (unpaired) electrons. The lowest BCUT2D eigenvalue weighted by molar-refractivity contribution is -0.385. The van der Waals surface area contributed by atoms with Gasteiger partial charge in [0, 0.05) is 17.4 Å². The molecule has 110 valence electrons. The van der Waals surface area contributed by atoms with E-state index < -0.39 is 15.7 Å². The van der Waals surface area contributed by atoms with Gasteiger partial charge in [-0.15, -0.1) is 0 Å². The highest BCUT2D eigenvalue weighted by atomic mass is 32.2. The fraction of sp³-hybridized carbons (Fsp3) is 0.200. The first-order valence-electron chi connectivity index (χ1n) is 6.46. The van der Waals surface area contributed by atoms with Gasteiger partial charge in [-0.2, -0.15) is 0 Å². The molecule has 5 nitrogen and oxygen atoms in total. The van der Waals surface area contributed by atoms with Crippen LogP contribution in [0.2, 0.25) is 0 Å². The number of benzene rings is 2. The Kier molecular flexibility index (Phi) is 4.70. The molecule has 0 bridgehead atoms. The zero-order chi connectivity index (χ0) is 15.4. The topological polar surface area (TPSA) is 86.2 Å². The molecule has 0 fully saturated rings. The number of nitrogens with zero attached hydrogens (tertiary/aromatic N) is 1. The maximum absolute atomic E-state index is 12.3. The van der Waals surface area contributed by atoms with E-state index in [1.807, 2.05) is 19.1 Å². The van der Waals surface area contributed by atoms with Crippen molar-refractivity contribution in [2.45, 2.75) is 18.2 Å². The standard InChI is InChI=1S/C15H16N2O3S/c1-11-5-4-8-14(15(11)16)21(20)10-9-12-6-2-3-7-13(12)17(18)19/h2-8H,9-10,16H2,1H3. The van der Waals surface area contributed by atoms with Crippen molar-refractivity contribution in [1.29, 1.82) is 0 Å². The van der Waals surface area contributed by atoms with E-state index in [1.165, 1.54) is 6.07 Å². The smallest absolute Gasteiger partial charge is 0.272 e. The second-order valence-electron chi connectivity index (χ2n) is 4.67. The van der Waals surface area contributed by atoms with Crippen LogP contribution in [0.25, 0.3) is 0 Å². The minimum atomic E-state index is -1.27. The molecular weight excluding hydrogens is 288 g/mol. The largest absolute Gasteiger partial charge is 0.398 e. The van der Waals surface area contributed by atoms with E-state index in [-0.39, 0.29) is 5.69 Å². The van der Waals surface area contributed by atoms with Crippen molar-refractivity contribution >= 4 is 22.2 Å². The average molecular weight is 304 g/mol. The van der Waals surface area contributed by atoms with Gasteiger partial charge in [-0.05, 0) is 25.0 Å². The summed E-state index contributed by atoms with van der Waals surface area (Å²) in [5.74, 6) is 0.304. The lowest BCUT2D eigenvalue weighted by Crippen LogP contribution is -2.06. The van der Waals surface area contributed by atoms with Gasteiger partial charge < -0.3 is 5.73 Å². The van der Waals surface area contributed by atoms with Crippen LogP contribution in [0.4, 0.5) is 11.4 Å². The Morgan fingerprint density at radius 2 is 1.90 bits per heavy atom. The SMILES string of the molecule is Cc1cccc(S(=O)CCc2ccccc2[N+](=O)[O-])c1N. The van der Waals surface area contributed by atoms with Gasteiger partial charge in [0.1, 0.15) is 0 Å². The minimum Gasteiger partial charge on any atom is -0.398 e. The van der Waals surface area contributed by atoms with Crippen LogP contribution in [0, 0.1) is 17.0 Å². The number of nitro benzene ring substituents is 1. The molecule has 0 saturated carbocycles. The first kappa shape index (κ1) is 15.2.